The topological polar surface area (TPSA) is 55.4 Å². The van der Waals surface area contributed by atoms with Crippen molar-refractivity contribution in [3.05, 3.63) is 71.8 Å². The van der Waals surface area contributed by atoms with Crippen LogP contribution in [0.5, 0.6) is 0 Å². The van der Waals surface area contributed by atoms with Gasteiger partial charge in [0.2, 0.25) is 0 Å². The number of carbonyl (C=O) groups excluding carboxylic acids is 2. The maximum Gasteiger partial charge on any atom is 0.408 e. The summed E-state index contributed by atoms with van der Waals surface area (Å²) in [6.07, 6.45) is 0.0638. The SMILES string of the molecule is O=C[C@H](NC(=O)OCc1ccccc1)c1ccccc1. The Kier molecular flexibility index (Phi) is 4.89. The molecule has 102 valence electrons. The number of benzene rings is 2. The fraction of sp³-hybridized carbons (Fsp3) is 0.125. The number of hydrogen-bond acceptors (Lipinski definition) is 3. The van der Waals surface area contributed by atoms with E-state index < -0.39 is 12.1 Å². The van der Waals surface area contributed by atoms with Crippen LogP contribution in [0.25, 0.3) is 0 Å². The molecule has 2 rings (SSSR count). The number of alkyl carbamates (subject to hydrolysis) is 1. The van der Waals surface area contributed by atoms with Gasteiger partial charge in [0.25, 0.3) is 0 Å². The largest absolute Gasteiger partial charge is 0.445 e. The van der Waals surface area contributed by atoms with Crippen LogP contribution in [0.15, 0.2) is 60.7 Å². The van der Waals surface area contributed by atoms with Gasteiger partial charge >= 0.3 is 6.09 Å². The van der Waals surface area contributed by atoms with Crippen LogP contribution in [0.1, 0.15) is 17.2 Å². The molecule has 0 aromatic heterocycles. The zero-order chi connectivity index (χ0) is 14.2. The third-order valence-electron chi connectivity index (χ3n) is 2.78. The first-order valence-corrected chi connectivity index (χ1v) is 6.27. The van der Waals surface area contributed by atoms with E-state index in [1.807, 2.05) is 48.5 Å². The smallest absolute Gasteiger partial charge is 0.408 e. The van der Waals surface area contributed by atoms with Gasteiger partial charge in [0.05, 0.1) is 0 Å². The molecule has 1 amide bonds. The van der Waals surface area contributed by atoms with Crippen molar-refractivity contribution in [1.29, 1.82) is 0 Å². The molecule has 0 bridgehead atoms. The van der Waals surface area contributed by atoms with Crippen molar-refractivity contribution in [1.82, 2.24) is 5.32 Å². The lowest BCUT2D eigenvalue weighted by Crippen LogP contribution is -2.29. The van der Waals surface area contributed by atoms with E-state index in [0.29, 0.717) is 6.29 Å². The minimum atomic E-state index is -0.695. The van der Waals surface area contributed by atoms with Crippen molar-refractivity contribution in [2.45, 2.75) is 12.6 Å². The second-order valence-electron chi connectivity index (χ2n) is 4.23. The first-order chi connectivity index (χ1) is 9.79. The molecule has 0 saturated heterocycles. The summed E-state index contributed by atoms with van der Waals surface area (Å²) in [5.41, 5.74) is 1.61. The number of nitrogens with one attached hydrogen (secondary N) is 1. The highest BCUT2D eigenvalue weighted by Gasteiger charge is 2.13. The van der Waals surface area contributed by atoms with Crippen LogP contribution in [0.2, 0.25) is 0 Å². The van der Waals surface area contributed by atoms with Crippen LogP contribution in [-0.2, 0) is 16.1 Å². The third-order valence-corrected chi connectivity index (χ3v) is 2.78. The molecule has 2 aromatic rings. The highest BCUT2D eigenvalue weighted by atomic mass is 16.5. The predicted octanol–water partition coefficient (Wildman–Crippen LogP) is 2.85. The van der Waals surface area contributed by atoms with Gasteiger partial charge in [-0.15, -0.1) is 0 Å². The predicted molar refractivity (Wildman–Crippen MR) is 75.0 cm³/mol. The lowest BCUT2D eigenvalue weighted by atomic mass is 10.1. The molecule has 0 aliphatic carbocycles. The summed E-state index contributed by atoms with van der Waals surface area (Å²) >= 11 is 0. The Morgan fingerprint density at radius 3 is 2.25 bits per heavy atom. The first-order valence-electron chi connectivity index (χ1n) is 6.27. The number of hydrogen-bond donors (Lipinski definition) is 1. The van der Waals surface area contributed by atoms with Crippen LogP contribution in [-0.4, -0.2) is 12.4 Å². The molecular formula is C16H15NO3. The quantitative estimate of drug-likeness (QED) is 0.849. The van der Waals surface area contributed by atoms with Crippen molar-refractivity contribution in [3.8, 4) is 0 Å². The second kappa shape index (κ2) is 7.09. The molecule has 0 aliphatic rings. The van der Waals surface area contributed by atoms with E-state index in [-0.39, 0.29) is 6.61 Å². The Labute approximate surface area is 117 Å². The molecule has 1 atom stereocenters. The number of carbonyl (C=O) groups is 2. The van der Waals surface area contributed by atoms with Crippen LogP contribution in [0, 0.1) is 0 Å². The lowest BCUT2D eigenvalue weighted by molar-refractivity contribution is -0.109. The summed E-state index contributed by atoms with van der Waals surface area (Å²) < 4.78 is 5.07. The first kappa shape index (κ1) is 13.8. The van der Waals surface area contributed by atoms with E-state index in [9.17, 15) is 9.59 Å². The average molecular weight is 269 g/mol. The maximum atomic E-state index is 11.7. The molecule has 2 aromatic carbocycles. The molecule has 0 spiro atoms. The molecular weight excluding hydrogens is 254 g/mol. The summed E-state index contributed by atoms with van der Waals surface area (Å²) in [5, 5.41) is 2.52. The number of aldehydes is 1. The lowest BCUT2D eigenvalue weighted by Gasteiger charge is -2.13. The fourth-order valence-corrected chi connectivity index (χ4v) is 1.75. The highest BCUT2D eigenvalue weighted by Crippen LogP contribution is 2.10. The van der Waals surface area contributed by atoms with E-state index >= 15 is 0 Å². The van der Waals surface area contributed by atoms with Gasteiger partial charge in [-0.05, 0) is 11.1 Å². The van der Waals surface area contributed by atoms with Gasteiger partial charge < -0.3 is 14.8 Å². The molecule has 20 heavy (non-hydrogen) atoms. The second-order valence-corrected chi connectivity index (χ2v) is 4.23. The third kappa shape index (κ3) is 3.95. The highest BCUT2D eigenvalue weighted by molar-refractivity contribution is 5.74. The van der Waals surface area contributed by atoms with Crippen molar-refractivity contribution in [2.24, 2.45) is 0 Å². The van der Waals surface area contributed by atoms with Crippen molar-refractivity contribution < 1.29 is 14.3 Å². The summed E-state index contributed by atoms with van der Waals surface area (Å²) in [5.74, 6) is 0. The van der Waals surface area contributed by atoms with Crippen LogP contribution in [0.4, 0.5) is 4.79 Å². The Bertz CT molecular complexity index is 554. The molecule has 4 heteroatoms. The van der Waals surface area contributed by atoms with Crippen molar-refractivity contribution in [2.75, 3.05) is 0 Å². The van der Waals surface area contributed by atoms with Crippen LogP contribution < -0.4 is 5.32 Å². The summed E-state index contributed by atoms with van der Waals surface area (Å²) in [6, 6.07) is 17.7. The monoisotopic (exact) mass is 269 g/mol. The maximum absolute atomic E-state index is 11.7. The van der Waals surface area contributed by atoms with Gasteiger partial charge in [-0.1, -0.05) is 60.7 Å². The Morgan fingerprint density at radius 1 is 1.05 bits per heavy atom. The molecule has 0 unspecified atom stereocenters. The van der Waals surface area contributed by atoms with Crippen molar-refractivity contribution >= 4 is 12.4 Å². The Morgan fingerprint density at radius 2 is 1.65 bits per heavy atom. The van der Waals surface area contributed by atoms with E-state index in [1.165, 1.54) is 0 Å². The molecule has 4 nitrogen and oxygen atoms in total. The number of rotatable bonds is 5. The van der Waals surface area contributed by atoms with Crippen molar-refractivity contribution in [3.63, 3.8) is 0 Å². The minimum Gasteiger partial charge on any atom is -0.445 e. The number of ether oxygens (including phenoxy) is 1. The van der Waals surface area contributed by atoms with Gasteiger partial charge in [0.15, 0.2) is 0 Å². The number of amides is 1. The summed E-state index contributed by atoms with van der Waals surface area (Å²) in [6.45, 7) is 0.174. The zero-order valence-corrected chi connectivity index (χ0v) is 10.9. The van der Waals surface area contributed by atoms with Gasteiger partial charge in [-0.25, -0.2) is 4.79 Å². The zero-order valence-electron chi connectivity index (χ0n) is 10.9. The molecule has 0 heterocycles. The van der Waals surface area contributed by atoms with Gasteiger partial charge in [0.1, 0.15) is 18.9 Å². The summed E-state index contributed by atoms with van der Waals surface area (Å²) in [4.78, 5) is 22.7. The van der Waals surface area contributed by atoms with E-state index in [2.05, 4.69) is 5.32 Å². The Hall–Kier alpha value is -2.62. The van der Waals surface area contributed by atoms with Gasteiger partial charge in [-0.2, -0.15) is 0 Å². The van der Waals surface area contributed by atoms with Crippen LogP contribution in [0.3, 0.4) is 0 Å². The molecule has 0 fully saturated rings. The molecule has 1 N–H and O–H groups in total. The van der Waals surface area contributed by atoms with E-state index in [0.717, 1.165) is 11.1 Å². The minimum absolute atomic E-state index is 0.174. The fourth-order valence-electron chi connectivity index (χ4n) is 1.75. The van der Waals surface area contributed by atoms with Crippen LogP contribution >= 0.6 is 0 Å². The molecule has 0 saturated carbocycles. The van der Waals surface area contributed by atoms with Gasteiger partial charge in [-0.3, -0.25) is 0 Å². The normalized spacial score (nSPS) is 11.4. The molecule has 0 radical (unpaired) electrons. The van der Waals surface area contributed by atoms with Gasteiger partial charge in [0, 0.05) is 0 Å². The molecule has 0 aliphatic heterocycles. The Balaban J connectivity index is 1.88. The summed E-state index contributed by atoms with van der Waals surface area (Å²) in [7, 11) is 0. The standard InChI is InChI=1S/C16H15NO3/c18-11-15(14-9-5-2-6-10-14)17-16(19)20-12-13-7-3-1-4-8-13/h1-11,15H,12H2,(H,17,19)/t15-/m0/s1. The average Bonchev–Trinajstić information content (AvgIpc) is 2.52. The van der Waals surface area contributed by atoms with E-state index in [4.69, 9.17) is 4.74 Å². The van der Waals surface area contributed by atoms with E-state index in [1.54, 1.807) is 12.1 Å².